The normalized spacial score (nSPS) is 10.7. The molecule has 5 heteroatoms. The maximum Gasteiger partial charge on any atom is 0.254 e. The van der Waals surface area contributed by atoms with Crippen LogP contribution in [0.2, 0.25) is 0 Å². The predicted octanol–water partition coefficient (Wildman–Crippen LogP) is 0.871. The maximum absolute atomic E-state index is 11.5. The summed E-state index contributed by atoms with van der Waals surface area (Å²) in [6.45, 7) is 7.97. The molecule has 0 spiro atoms. The van der Waals surface area contributed by atoms with Crippen LogP contribution in [0.15, 0.2) is 12.4 Å². The molecule has 0 fully saturated rings. The molecule has 0 saturated heterocycles. The number of aromatic amines is 1. The number of nitrogens with zero attached hydrogens (tertiary/aromatic N) is 2. The van der Waals surface area contributed by atoms with Crippen molar-refractivity contribution >= 4 is 5.91 Å². The molecule has 2 N–H and O–H groups in total. The molecule has 0 unspecified atom stereocenters. The fourth-order valence-electron chi connectivity index (χ4n) is 1.55. The highest BCUT2D eigenvalue weighted by Gasteiger charge is 2.06. The molecule has 0 aliphatic rings. The molecular weight excluding hydrogens is 204 g/mol. The molecule has 0 bridgehead atoms. The number of nitrogens with one attached hydrogen (secondary N) is 2. The van der Waals surface area contributed by atoms with Gasteiger partial charge in [-0.2, -0.15) is 5.10 Å². The van der Waals surface area contributed by atoms with E-state index in [4.69, 9.17) is 0 Å². The molecule has 5 nitrogen and oxygen atoms in total. The Bertz CT molecular complexity index is 297. The van der Waals surface area contributed by atoms with Gasteiger partial charge in [-0.05, 0) is 19.5 Å². The van der Waals surface area contributed by atoms with Crippen LogP contribution < -0.4 is 5.32 Å². The lowest BCUT2D eigenvalue weighted by atomic mass is 10.3. The van der Waals surface area contributed by atoms with E-state index < -0.39 is 0 Å². The Morgan fingerprint density at radius 2 is 2.31 bits per heavy atom. The van der Waals surface area contributed by atoms with Crippen molar-refractivity contribution in [3.8, 4) is 0 Å². The number of aromatic nitrogens is 2. The Labute approximate surface area is 96.2 Å². The summed E-state index contributed by atoms with van der Waals surface area (Å²) in [5.74, 6) is -0.0682. The average Bonchev–Trinajstić information content (AvgIpc) is 2.81. The molecule has 90 valence electrons. The van der Waals surface area contributed by atoms with Gasteiger partial charge in [0.2, 0.25) is 0 Å². The molecular formula is C11H20N4O. The van der Waals surface area contributed by atoms with E-state index in [0.29, 0.717) is 12.1 Å². The van der Waals surface area contributed by atoms with Crippen LogP contribution in [0.3, 0.4) is 0 Å². The first kappa shape index (κ1) is 12.7. The molecule has 1 aromatic heterocycles. The van der Waals surface area contributed by atoms with Crippen molar-refractivity contribution in [2.24, 2.45) is 0 Å². The van der Waals surface area contributed by atoms with E-state index in [1.807, 2.05) is 0 Å². The van der Waals surface area contributed by atoms with Gasteiger partial charge < -0.3 is 10.2 Å². The third kappa shape index (κ3) is 4.02. The van der Waals surface area contributed by atoms with Crippen molar-refractivity contribution in [1.29, 1.82) is 0 Å². The van der Waals surface area contributed by atoms with Gasteiger partial charge in [0.1, 0.15) is 0 Å². The van der Waals surface area contributed by atoms with E-state index in [1.54, 1.807) is 6.20 Å². The van der Waals surface area contributed by atoms with Gasteiger partial charge in [-0.3, -0.25) is 9.89 Å². The van der Waals surface area contributed by atoms with Crippen LogP contribution in [0.1, 0.15) is 30.6 Å². The number of hydrogen-bond acceptors (Lipinski definition) is 3. The van der Waals surface area contributed by atoms with Crippen LogP contribution in [-0.4, -0.2) is 47.2 Å². The van der Waals surface area contributed by atoms with Gasteiger partial charge in [0.15, 0.2) is 0 Å². The number of amides is 1. The van der Waals surface area contributed by atoms with Crippen LogP contribution >= 0.6 is 0 Å². The Kier molecular flexibility index (Phi) is 5.56. The van der Waals surface area contributed by atoms with Crippen molar-refractivity contribution in [2.45, 2.75) is 20.3 Å². The molecule has 0 radical (unpaired) electrons. The van der Waals surface area contributed by atoms with Crippen LogP contribution in [0.25, 0.3) is 0 Å². The van der Waals surface area contributed by atoms with Gasteiger partial charge in [-0.15, -0.1) is 0 Å². The van der Waals surface area contributed by atoms with Gasteiger partial charge in [0.25, 0.3) is 5.91 Å². The first-order chi connectivity index (χ1) is 7.77. The van der Waals surface area contributed by atoms with E-state index >= 15 is 0 Å². The van der Waals surface area contributed by atoms with E-state index in [2.05, 4.69) is 34.3 Å². The fraction of sp³-hybridized carbons (Fsp3) is 0.636. The summed E-state index contributed by atoms with van der Waals surface area (Å²) >= 11 is 0. The van der Waals surface area contributed by atoms with Gasteiger partial charge in [-0.25, -0.2) is 0 Å². The Balaban J connectivity index is 2.22. The summed E-state index contributed by atoms with van der Waals surface area (Å²) in [7, 11) is 0. The predicted molar refractivity (Wildman–Crippen MR) is 63.3 cm³/mol. The van der Waals surface area contributed by atoms with Gasteiger partial charge in [0, 0.05) is 19.3 Å². The molecule has 16 heavy (non-hydrogen) atoms. The molecule has 0 saturated carbocycles. The number of carbonyl (C=O) groups is 1. The highest BCUT2D eigenvalue weighted by atomic mass is 16.1. The third-order valence-electron chi connectivity index (χ3n) is 2.46. The van der Waals surface area contributed by atoms with Crippen LogP contribution in [0.4, 0.5) is 0 Å². The summed E-state index contributed by atoms with van der Waals surface area (Å²) in [4.78, 5) is 13.9. The van der Waals surface area contributed by atoms with Gasteiger partial charge in [0.05, 0.1) is 11.8 Å². The molecule has 1 heterocycles. The van der Waals surface area contributed by atoms with Crippen molar-refractivity contribution in [2.75, 3.05) is 26.2 Å². The second-order valence-corrected chi connectivity index (χ2v) is 3.68. The van der Waals surface area contributed by atoms with Crippen molar-refractivity contribution < 1.29 is 4.79 Å². The van der Waals surface area contributed by atoms with Crippen molar-refractivity contribution in [1.82, 2.24) is 20.4 Å². The minimum absolute atomic E-state index is 0.0682. The lowest BCUT2D eigenvalue weighted by Crippen LogP contribution is -2.35. The van der Waals surface area contributed by atoms with Gasteiger partial charge in [-0.1, -0.05) is 13.8 Å². The molecule has 0 aliphatic carbocycles. The van der Waals surface area contributed by atoms with Gasteiger partial charge >= 0.3 is 0 Å². The minimum Gasteiger partial charge on any atom is -0.351 e. The summed E-state index contributed by atoms with van der Waals surface area (Å²) < 4.78 is 0. The number of carbonyl (C=O) groups excluding carboxylic acids is 1. The molecule has 1 amide bonds. The highest BCUT2D eigenvalue weighted by Crippen LogP contribution is 1.93. The Hall–Kier alpha value is -1.36. The molecule has 0 atom stereocenters. The Morgan fingerprint density at radius 3 is 2.88 bits per heavy atom. The molecule has 0 aromatic carbocycles. The van der Waals surface area contributed by atoms with E-state index in [0.717, 1.165) is 26.1 Å². The van der Waals surface area contributed by atoms with Crippen LogP contribution in [-0.2, 0) is 0 Å². The van der Waals surface area contributed by atoms with Crippen LogP contribution in [0.5, 0.6) is 0 Å². The summed E-state index contributed by atoms with van der Waals surface area (Å²) in [6.07, 6.45) is 4.27. The SMILES string of the molecule is CCCN(CC)CCNC(=O)c1cn[nH]c1. The van der Waals surface area contributed by atoms with Crippen molar-refractivity contribution in [3.63, 3.8) is 0 Å². The first-order valence-corrected chi connectivity index (χ1v) is 5.77. The Morgan fingerprint density at radius 1 is 1.50 bits per heavy atom. The minimum atomic E-state index is -0.0682. The zero-order valence-electron chi connectivity index (χ0n) is 9.99. The van der Waals surface area contributed by atoms with Crippen molar-refractivity contribution in [3.05, 3.63) is 18.0 Å². The topological polar surface area (TPSA) is 61.0 Å². The average molecular weight is 224 g/mol. The summed E-state index contributed by atoms with van der Waals surface area (Å²) in [6, 6.07) is 0. The number of likely N-dealkylation sites (N-methyl/N-ethyl adjacent to an activating group) is 1. The number of hydrogen-bond donors (Lipinski definition) is 2. The monoisotopic (exact) mass is 224 g/mol. The third-order valence-corrected chi connectivity index (χ3v) is 2.46. The maximum atomic E-state index is 11.5. The largest absolute Gasteiger partial charge is 0.351 e. The number of rotatable bonds is 7. The van der Waals surface area contributed by atoms with Crippen LogP contribution in [0, 0.1) is 0 Å². The van der Waals surface area contributed by atoms with E-state index in [9.17, 15) is 4.79 Å². The molecule has 1 aromatic rings. The zero-order valence-corrected chi connectivity index (χ0v) is 9.99. The highest BCUT2D eigenvalue weighted by molar-refractivity contribution is 5.93. The number of H-pyrrole nitrogens is 1. The van der Waals surface area contributed by atoms with E-state index in [-0.39, 0.29) is 5.91 Å². The lowest BCUT2D eigenvalue weighted by molar-refractivity contribution is 0.0948. The van der Waals surface area contributed by atoms with E-state index in [1.165, 1.54) is 6.20 Å². The first-order valence-electron chi connectivity index (χ1n) is 5.77. The second-order valence-electron chi connectivity index (χ2n) is 3.68. The smallest absolute Gasteiger partial charge is 0.254 e. The quantitative estimate of drug-likeness (QED) is 0.722. The molecule has 0 aliphatic heterocycles. The lowest BCUT2D eigenvalue weighted by Gasteiger charge is -2.19. The zero-order chi connectivity index (χ0) is 11.8. The summed E-state index contributed by atoms with van der Waals surface area (Å²) in [5, 5.41) is 9.22. The summed E-state index contributed by atoms with van der Waals surface area (Å²) in [5.41, 5.74) is 0.582. The standard InChI is InChI=1S/C11H20N4O/c1-3-6-15(4-2)7-5-12-11(16)10-8-13-14-9-10/h8-9H,3-7H2,1-2H3,(H,12,16)(H,13,14). The fourth-order valence-corrected chi connectivity index (χ4v) is 1.55. The second kappa shape index (κ2) is 7.00. The molecule has 1 rings (SSSR count).